The summed E-state index contributed by atoms with van der Waals surface area (Å²) in [6, 6.07) is 8.80. The maximum absolute atomic E-state index is 6.00. The smallest absolute Gasteiger partial charge is 0.0276 e. The van der Waals surface area contributed by atoms with Crippen LogP contribution in [0, 0.1) is 0 Å². The second-order valence-electron chi connectivity index (χ2n) is 2.98. The fraction of sp³-hybridized carbons (Fsp3) is 0.400. The highest BCUT2D eigenvalue weighted by Crippen LogP contribution is 2.19. The summed E-state index contributed by atoms with van der Waals surface area (Å²) in [4.78, 5) is 0. The first-order valence-corrected chi connectivity index (χ1v) is 4.23. The van der Waals surface area contributed by atoms with E-state index in [-0.39, 0.29) is 0 Å². The third kappa shape index (κ3) is 2.06. The molecule has 0 aromatic heterocycles. The Morgan fingerprint density at radius 1 is 0.833 bits per heavy atom. The third-order valence-electron chi connectivity index (χ3n) is 2.26. The van der Waals surface area contributed by atoms with Gasteiger partial charge < -0.3 is 0 Å². The van der Waals surface area contributed by atoms with E-state index in [9.17, 15) is 0 Å². The van der Waals surface area contributed by atoms with Crippen LogP contribution >= 0.6 is 0 Å². The summed E-state index contributed by atoms with van der Waals surface area (Å²) < 4.78 is 0. The predicted octanol–water partition coefficient (Wildman–Crippen LogP) is 2.58. The average Bonchev–Trinajstić information content (AvgIpc) is 2.21. The van der Waals surface area contributed by atoms with Gasteiger partial charge in [-0.05, 0) is 36.8 Å². The highest BCUT2D eigenvalue weighted by Gasteiger charge is 2.05. The Kier molecular flexibility index (Phi) is 3.77. The van der Waals surface area contributed by atoms with E-state index in [4.69, 9.17) is 10.5 Å². The van der Waals surface area contributed by atoms with Crippen LogP contribution < -0.4 is 0 Å². The Balaban J connectivity index is 0.000000336. The van der Waals surface area contributed by atoms with Gasteiger partial charge in [0.15, 0.2) is 0 Å². The van der Waals surface area contributed by atoms with Crippen LogP contribution in [0.2, 0.25) is 0 Å². The number of rotatable bonds is 0. The number of hydrogen-bond acceptors (Lipinski definition) is 2. The summed E-state index contributed by atoms with van der Waals surface area (Å²) in [5.41, 5.74) is 3.16. The molecule has 0 heterocycles. The van der Waals surface area contributed by atoms with Gasteiger partial charge in [-0.15, -0.1) is 0 Å². The molecule has 0 unspecified atom stereocenters. The van der Waals surface area contributed by atoms with E-state index >= 15 is 0 Å². The van der Waals surface area contributed by atoms with Crippen LogP contribution in [0.25, 0.3) is 0 Å². The predicted molar refractivity (Wildman–Crippen MR) is 48.3 cm³/mol. The minimum absolute atomic E-state index is 1.30. The molecule has 12 heavy (non-hydrogen) atoms. The van der Waals surface area contributed by atoms with E-state index in [0.717, 1.165) is 0 Å². The van der Waals surface area contributed by atoms with Gasteiger partial charge in [0.25, 0.3) is 0 Å². The van der Waals surface area contributed by atoms with E-state index in [1.54, 1.807) is 11.1 Å². The fourth-order valence-electron chi connectivity index (χ4n) is 1.68. The molecule has 0 saturated heterocycles. The molecule has 1 aromatic carbocycles. The van der Waals surface area contributed by atoms with Gasteiger partial charge >= 0.3 is 0 Å². The normalized spacial score (nSPS) is 14.2. The molecule has 2 rings (SSSR count). The lowest BCUT2D eigenvalue weighted by Crippen LogP contribution is -2.00. The van der Waals surface area contributed by atoms with Crippen LogP contribution in [0.1, 0.15) is 24.0 Å². The van der Waals surface area contributed by atoms with Crippen LogP contribution in [0.4, 0.5) is 0 Å². The van der Waals surface area contributed by atoms with Gasteiger partial charge in [-0.25, -0.2) is 0 Å². The quantitative estimate of drug-likeness (QED) is 0.459. The first-order valence-electron chi connectivity index (χ1n) is 4.23. The number of aryl methyl sites for hydroxylation is 2. The highest BCUT2D eigenvalue weighted by molar-refractivity contribution is 5.28. The van der Waals surface area contributed by atoms with Gasteiger partial charge in [0.2, 0.25) is 0 Å². The Hall–Kier alpha value is -0.860. The van der Waals surface area contributed by atoms with Crippen molar-refractivity contribution in [2.24, 2.45) is 0 Å². The minimum Gasteiger partial charge on any atom is -0.255 e. The van der Waals surface area contributed by atoms with Crippen molar-refractivity contribution in [3.8, 4) is 0 Å². The van der Waals surface area contributed by atoms with Crippen molar-refractivity contribution >= 4 is 0 Å². The molecule has 0 aliphatic heterocycles. The van der Waals surface area contributed by atoms with Crippen LogP contribution in [0.15, 0.2) is 24.3 Å². The second kappa shape index (κ2) is 4.91. The summed E-state index contributed by atoms with van der Waals surface area (Å²) >= 11 is 0. The fourth-order valence-corrected chi connectivity index (χ4v) is 1.68. The first-order chi connectivity index (χ1) is 5.97. The zero-order chi connectivity index (χ0) is 8.81. The molecule has 0 atom stereocenters. The van der Waals surface area contributed by atoms with E-state index in [0.29, 0.717) is 0 Å². The summed E-state index contributed by atoms with van der Waals surface area (Å²) in [5.74, 6) is 0. The molecule has 66 valence electrons. The SMILES string of the molecule is OO.c1ccc2c(c1)CCCC2. The molecule has 2 N–H and O–H groups in total. The molecule has 1 aliphatic carbocycles. The zero-order valence-electron chi connectivity index (χ0n) is 7.03. The van der Waals surface area contributed by atoms with Crippen LogP contribution in [-0.4, -0.2) is 10.5 Å². The van der Waals surface area contributed by atoms with Crippen LogP contribution in [-0.2, 0) is 12.8 Å². The molecule has 1 aromatic rings. The van der Waals surface area contributed by atoms with Crippen molar-refractivity contribution < 1.29 is 10.5 Å². The summed E-state index contributed by atoms with van der Waals surface area (Å²) in [6.07, 6.45) is 5.38. The average molecular weight is 166 g/mol. The third-order valence-corrected chi connectivity index (χ3v) is 2.26. The van der Waals surface area contributed by atoms with Gasteiger partial charge in [-0.2, -0.15) is 0 Å². The first kappa shape index (κ1) is 9.23. The number of fused-ring (bicyclic) bond motifs is 1. The van der Waals surface area contributed by atoms with Crippen molar-refractivity contribution in [1.29, 1.82) is 0 Å². The van der Waals surface area contributed by atoms with Gasteiger partial charge in [-0.3, -0.25) is 10.5 Å². The molecule has 0 spiro atoms. The Labute approximate surface area is 72.4 Å². The molecule has 1 aliphatic rings. The topological polar surface area (TPSA) is 40.5 Å². The molecule has 0 fully saturated rings. The standard InChI is InChI=1S/C10H12.H2O2/c1-2-6-10-8-4-3-7-9(10)5-1;1-2/h1-2,5-6H,3-4,7-8H2;1-2H. The van der Waals surface area contributed by atoms with E-state index < -0.39 is 0 Å². The molecule has 0 amide bonds. The van der Waals surface area contributed by atoms with Crippen LogP contribution in [0.5, 0.6) is 0 Å². The van der Waals surface area contributed by atoms with Crippen LogP contribution in [0.3, 0.4) is 0 Å². The van der Waals surface area contributed by atoms with Gasteiger partial charge in [-0.1, -0.05) is 24.3 Å². The lowest BCUT2D eigenvalue weighted by molar-refractivity contribution is -0.176. The molecular formula is C10H14O2. The van der Waals surface area contributed by atoms with Crippen molar-refractivity contribution in [3.63, 3.8) is 0 Å². The minimum atomic E-state index is 1.30. The van der Waals surface area contributed by atoms with Gasteiger partial charge in [0.1, 0.15) is 0 Å². The lowest BCUT2D eigenvalue weighted by atomic mass is 9.92. The van der Waals surface area contributed by atoms with E-state index in [2.05, 4.69) is 24.3 Å². The maximum Gasteiger partial charge on any atom is -0.0276 e. The lowest BCUT2D eigenvalue weighted by Gasteiger charge is -2.13. The zero-order valence-corrected chi connectivity index (χ0v) is 7.03. The molecule has 2 nitrogen and oxygen atoms in total. The maximum atomic E-state index is 6.00. The second-order valence-corrected chi connectivity index (χ2v) is 2.98. The van der Waals surface area contributed by atoms with Gasteiger partial charge in [0, 0.05) is 0 Å². The van der Waals surface area contributed by atoms with Crippen molar-refractivity contribution in [2.75, 3.05) is 0 Å². The number of benzene rings is 1. The summed E-state index contributed by atoms with van der Waals surface area (Å²) in [7, 11) is 0. The van der Waals surface area contributed by atoms with Crippen molar-refractivity contribution in [3.05, 3.63) is 35.4 Å². The van der Waals surface area contributed by atoms with Crippen molar-refractivity contribution in [2.45, 2.75) is 25.7 Å². The Morgan fingerprint density at radius 3 is 1.67 bits per heavy atom. The van der Waals surface area contributed by atoms with E-state index in [1.807, 2.05) is 0 Å². The van der Waals surface area contributed by atoms with E-state index in [1.165, 1.54) is 25.7 Å². The largest absolute Gasteiger partial charge is 0.255 e. The molecule has 0 radical (unpaired) electrons. The monoisotopic (exact) mass is 166 g/mol. The summed E-state index contributed by atoms with van der Waals surface area (Å²) in [6.45, 7) is 0. The summed E-state index contributed by atoms with van der Waals surface area (Å²) in [5, 5.41) is 12.0. The highest BCUT2D eigenvalue weighted by atomic mass is 17.0. The molecule has 0 saturated carbocycles. The molecular weight excluding hydrogens is 152 g/mol. The Bertz CT molecular complexity index is 208. The Morgan fingerprint density at radius 2 is 1.25 bits per heavy atom. The molecule has 2 heteroatoms. The molecule has 0 bridgehead atoms. The van der Waals surface area contributed by atoms with Gasteiger partial charge in [0.05, 0.1) is 0 Å². The van der Waals surface area contributed by atoms with Crippen molar-refractivity contribution in [1.82, 2.24) is 0 Å². The number of hydrogen-bond donors (Lipinski definition) is 2.